The molecule has 52 valence electrons. The minimum atomic E-state index is 0.357. The van der Waals surface area contributed by atoms with Gasteiger partial charge in [0.15, 0.2) is 0 Å². The second kappa shape index (κ2) is 3.31. The van der Waals surface area contributed by atoms with Crippen LogP contribution in [0.5, 0.6) is 0 Å². The Labute approximate surface area is 77.4 Å². The molecule has 3 nitrogen and oxygen atoms in total. The lowest BCUT2D eigenvalue weighted by molar-refractivity contribution is 1.23. The fourth-order valence-corrected chi connectivity index (χ4v) is 1.21. The fraction of sp³-hybridized carbons (Fsp3) is 0. The first kappa shape index (κ1) is 7.96. The molecule has 0 unspecified atom stereocenters. The van der Waals surface area contributed by atoms with E-state index < -0.39 is 0 Å². The minimum Gasteiger partial charge on any atom is -0.249 e. The lowest BCUT2D eigenvalue weighted by atomic mass is 10.2. The van der Waals surface area contributed by atoms with E-state index in [4.69, 9.17) is 10.5 Å². The number of nitrogens with zero attached hydrogens (tertiary/aromatic N) is 3. The Morgan fingerprint density at radius 3 is 2.55 bits per heavy atom. The molecule has 0 aromatic carbocycles. The number of hydrogen-bond donors (Lipinski definition) is 0. The van der Waals surface area contributed by atoms with Crippen molar-refractivity contribution in [2.24, 2.45) is 0 Å². The van der Waals surface area contributed by atoms with Crippen molar-refractivity contribution in [2.45, 2.75) is 0 Å². The number of hydrogen-bond acceptors (Lipinski definition) is 3. The van der Waals surface area contributed by atoms with E-state index >= 15 is 0 Å². The van der Waals surface area contributed by atoms with Crippen LogP contribution >= 0.6 is 22.6 Å². The van der Waals surface area contributed by atoms with Crippen molar-refractivity contribution in [3.63, 3.8) is 0 Å². The Bertz CT molecular complexity index is 359. The van der Waals surface area contributed by atoms with Gasteiger partial charge >= 0.3 is 0 Å². The Hall–Kier alpha value is -1.14. The molecular weight excluding hydrogens is 253 g/mol. The molecule has 0 N–H and O–H groups in total. The van der Waals surface area contributed by atoms with Gasteiger partial charge in [0.25, 0.3) is 0 Å². The van der Waals surface area contributed by atoms with E-state index in [2.05, 4.69) is 4.98 Å². The lowest BCUT2D eigenvalue weighted by Crippen LogP contribution is -1.90. The molecule has 1 aromatic heterocycles. The Morgan fingerprint density at radius 2 is 2.09 bits per heavy atom. The van der Waals surface area contributed by atoms with Gasteiger partial charge in [-0.2, -0.15) is 10.5 Å². The molecule has 0 atom stereocenters. The molecule has 0 saturated carbocycles. The molecule has 0 aliphatic rings. The summed E-state index contributed by atoms with van der Waals surface area (Å²) in [7, 11) is 0. The molecule has 0 amide bonds. The number of rotatable bonds is 0. The third-order valence-corrected chi connectivity index (χ3v) is 1.95. The standard InChI is InChI=1S/C7H2IN3/c8-7-6(4-10)5(3-9)1-2-11-7/h1-2H. The van der Waals surface area contributed by atoms with Gasteiger partial charge in [0, 0.05) is 6.20 Å². The molecule has 0 aliphatic carbocycles. The SMILES string of the molecule is N#Cc1ccnc(I)c1C#N. The van der Waals surface area contributed by atoms with Gasteiger partial charge in [-0.3, -0.25) is 0 Å². The van der Waals surface area contributed by atoms with Crippen LogP contribution in [0.4, 0.5) is 0 Å². The third-order valence-electron chi connectivity index (χ3n) is 1.14. The average molecular weight is 255 g/mol. The highest BCUT2D eigenvalue weighted by atomic mass is 127. The van der Waals surface area contributed by atoms with Crippen LogP contribution in [-0.2, 0) is 0 Å². The average Bonchev–Trinajstić information content (AvgIpc) is 2.04. The number of pyridine rings is 1. The molecular formula is C7H2IN3. The third kappa shape index (κ3) is 1.47. The summed E-state index contributed by atoms with van der Waals surface area (Å²) >= 11 is 1.92. The molecule has 4 heteroatoms. The van der Waals surface area contributed by atoms with Crippen LogP contribution in [-0.4, -0.2) is 4.98 Å². The summed E-state index contributed by atoms with van der Waals surface area (Å²) in [5.41, 5.74) is 0.738. The van der Waals surface area contributed by atoms with Crippen molar-refractivity contribution in [3.8, 4) is 12.1 Å². The molecule has 1 heterocycles. The topological polar surface area (TPSA) is 60.5 Å². The predicted octanol–water partition coefficient (Wildman–Crippen LogP) is 1.43. The van der Waals surface area contributed by atoms with E-state index in [1.807, 2.05) is 34.7 Å². The Morgan fingerprint density at radius 1 is 1.36 bits per heavy atom. The van der Waals surface area contributed by atoms with Gasteiger partial charge in [0.2, 0.25) is 0 Å². The van der Waals surface area contributed by atoms with Gasteiger partial charge in [0.05, 0.1) is 5.56 Å². The molecule has 11 heavy (non-hydrogen) atoms. The van der Waals surface area contributed by atoms with E-state index in [0.717, 1.165) is 0 Å². The summed E-state index contributed by atoms with van der Waals surface area (Å²) in [6.07, 6.45) is 1.52. The summed E-state index contributed by atoms with van der Waals surface area (Å²) in [4.78, 5) is 3.87. The Kier molecular flexibility index (Phi) is 2.40. The summed E-state index contributed by atoms with van der Waals surface area (Å²) < 4.78 is 0.573. The van der Waals surface area contributed by atoms with E-state index in [1.54, 1.807) is 0 Å². The first-order valence-electron chi connectivity index (χ1n) is 2.74. The molecule has 1 rings (SSSR count). The minimum absolute atomic E-state index is 0.357. The summed E-state index contributed by atoms with van der Waals surface area (Å²) in [5, 5.41) is 17.1. The normalized spacial score (nSPS) is 8.27. The zero-order valence-electron chi connectivity index (χ0n) is 5.37. The van der Waals surface area contributed by atoms with E-state index in [1.165, 1.54) is 12.3 Å². The van der Waals surface area contributed by atoms with Crippen LogP contribution in [0.2, 0.25) is 0 Å². The quantitative estimate of drug-likeness (QED) is 0.520. The maximum atomic E-state index is 8.58. The molecule has 0 spiro atoms. The second-order valence-corrected chi connectivity index (χ2v) is 2.77. The summed E-state index contributed by atoms with van der Waals surface area (Å²) in [5.74, 6) is 0. The molecule has 1 aromatic rings. The number of aromatic nitrogens is 1. The Balaban J connectivity index is 3.42. The molecule has 0 bridgehead atoms. The van der Waals surface area contributed by atoms with Crippen LogP contribution < -0.4 is 0 Å². The zero-order valence-corrected chi connectivity index (χ0v) is 7.53. The highest BCUT2D eigenvalue weighted by molar-refractivity contribution is 14.1. The van der Waals surface area contributed by atoms with Crippen molar-refractivity contribution in [2.75, 3.05) is 0 Å². The van der Waals surface area contributed by atoms with Crippen molar-refractivity contribution in [1.29, 1.82) is 10.5 Å². The second-order valence-electron chi connectivity index (χ2n) is 1.75. The highest BCUT2D eigenvalue weighted by Gasteiger charge is 2.04. The maximum Gasteiger partial charge on any atom is 0.120 e. The monoisotopic (exact) mass is 255 g/mol. The number of halogens is 1. The van der Waals surface area contributed by atoms with Gasteiger partial charge in [0.1, 0.15) is 21.4 Å². The van der Waals surface area contributed by atoms with Crippen molar-refractivity contribution in [1.82, 2.24) is 4.98 Å². The fourth-order valence-electron chi connectivity index (χ4n) is 0.636. The summed E-state index contributed by atoms with van der Waals surface area (Å²) in [6.45, 7) is 0. The maximum absolute atomic E-state index is 8.58. The molecule has 0 saturated heterocycles. The molecule has 0 fully saturated rings. The number of nitriles is 2. The lowest BCUT2D eigenvalue weighted by Gasteiger charge is -1.93. The zero-order chi connectivity index (χ0) is 8.27. The van der Waals surface area contributed by atoms with Crippen LogP contribution in [0, 0.1) is 26.4 Å². The van der Waals surface area contributed by atoms with E-state index in [-0.39, 0.29) is 0 Å². The van der Waals surface area contributed by atoms with Crippen LogP contribution in [0.15, 0.2) is 12.3 Å². The van der Waals surface area contributed by atoms with Crippen LogP contribution in [0.3, 0.4) is 0 Å². The first-order valence-corrected chi connectivity index (χ1v) is 3.82. The smallest absolute Gasteiger partial charge is 0.120 e. The van der Waals surface area contributed by atoms with Gasteiger partial charge in [-0.25, -0.2) is 4.98 Å². The van der Waals surface area contributed by atoms with Gasteiger partial charge in [-0.15, -0.1) is 0 Å². The largest absolute Gasteiger partial charge is 0.249 e. The van der Waals surface area contributed by atoms with E-state index in [0.29, 0.717) is 14.8 Å². The van der Waals surface area contributed by atoms with Crippen LogP contribution in [0.1, 0.15) is 11.1 Å². The highest BCUT2D eigenvalue weighted by Crippen LogP contribution is 2.11. The summed E-state index contributed by atoms with van der Waals surface area (Å²) in [6, 6.07) is 5.37. The first-order chi connectivity index (χ1) is 5.29. The van der Waals surface area contributed by atoms with Crippen molar-refractivity contribution in [3.05, 3.63) is 27.1 Å². The van der Waals surface area contributed by atoms with Gasteiger partial charge < -0.3 is 0 Å². The van der Waals surface area contributed by atoms with Crippen molar-refractivity contribution >= 4 is 22.6 Å². The molecule has 0 radical (unpaired) electrons. The van der Waals surface area contributed by atoms with Gasteiger partial charge in [-0.05, 0) is 28.7 Å². The van der Waals surface area contributed by atoms with Crippen molar-refractivity contribution < 1.29 is 0 Å². The van der Waals surface area contributed by atoms with E-state index in [9.17, 15) is 0 Å². The molecule has 0 aliphatic heterocycles. The van der Waals surface area contributed by atoms with Crippen LogP contribution in [0.25, 0.3) is 0 Å². The van der Waals surface area contributed by atoms with Gasteiger partial charge in [-0.1, -0.05) is 0 Å². The predicted molar refractivity (Wildman–Crippen MR) is 46.4 cm³/mol.